The Balaban J connectivity index is 2.46. The standard InChI is InChI=1S/C12H14N2O3/c1-8(2)12(16)17-7-14-11(15)9-4-3-5-10(13)6-9/h3-6H,1,7,13H2,2H3,(H,14,15). The zero-order valence-electron chi connectivity index (χ0n) is 9.53. The van der Waals surface area contributed by atoms with E-state index in [1.807, 2.05) is 0 Å². The number of nitrogens with one attached hydrogen (secondary N) is 1. The first-order chi connectivity index (χ1) is 8.00. The third kappa shape index (κ3) is 3.98. The molecule has 0 saturated carbocycles. The third-order valence-electron chi connectivity index (χ3n) is 1.93. The molecule has 0 fully saturated rings. The summed E-state index contributed by atoms with van der Waals surface area (Å²) in [5.74, 6) is -0.898. The molecule has 0 aliphatic heterocycles. The smallest absolute Gasteiger partial charge is 0.334 e. The normalized spacial score (nSPS) is 9.47. The van der Waals surface area contributed by atoms with Crippen molar-refractivity contribution in [3.8, 4) is 0 Å². The van der Waals surface area contributed by atoms with Crippen LogP contribution < -0.4 is 11.1 Å². The number of hydrogen-bond donors (Lipinski definition) is 2. The number of anilines is 1. The molecule has 1 aromatic carbocycles. The second kappa shape index (κ2) is 5.69. The van der Waals surface area contributed by atoms with E-state index in [-0.39, 0.29) is 18.2 Å². The van der Waals surface area contributed by atoms with Gasteiger partial charge in [0.1, 0.15) is 0 Å². The molecular formula is C12H14N2O3. The van der Waals surface area contributed by atoms with Gasteiger partial charge in [-0.2, -0.15) is 0 Å². The van der Waals surface area contributed by atoms with Crippen molar-refractivity contribution in [1.82, 2.24) is 5.32 Å². The van der Waals surface area contributed by atoms with Crippen molar-refractivity contribution in [3.63, 3.8) is 0 Å². The number of carbonyl (C=O) groups is 2. The van der Waals surface area contributed by atoms with E-state index in [0.717, 1.165) is 0 Å². The molecule has 5 heteroatoms. The van der Waals surface area contributed by atoms with Gasteiger partial charge >= 0.3 is 5.97 Å². The predicted octanol–water partition coefficient (Wildman–Crippen LogP) is 1.08. The molecule has 90 valence electrons. The lowest BCUT2D eigenvalue weighted by molar-refractivity contribution is -0.139. The van der Waals surface area contributed by atoms with Gasteiger partial charge in [-0.25, -0.2) is 4.79 Å². The minimum atomic E-state index is -0.544. The molecule has 3 N–H and O–H groups in total. The van der Waals surface area contributed by atoms with Gasteiger partial charge in [-0.3, -0.25) is 4.79 Å². The quantitative estimate of drug-likeness (QED) is 0.353. The molecule has 0 bridgehead atoms. The number of ether oxygens (including phenoxy) is 1. The average molecular weight is 234 g/mol. The Labute approximate surface area is 99.3 Å². The number of nitrogen functional groups attached to an aromatic ring is 1. The van der Waals surface area contributed by atoms with Crippen LogP contribution in [0, 0.1) is 0 Å². The summed E-state index contributed by atoms with van der Waals surface area (Å²) in [6, 6.07) is 6.50. The van der Waals surface area contributed by atoms with Crippen LogP contribution in [0.4, 0.5) is 5.69 Å². The van der Waals surface area contributed by atoms with E-state index in [2.05, 4.69) is 11.9 Å². The summed E-state index contributed by atoms with van der Waals surface area (Å²) in [5, 5.41) is 2.43. The van der Waals surface area contributed by atoms with Gasteiger partial charge < -0.3 is 15.8 Å². The predicted molar refractivity (Wildman–Crippen MR) is 64.1 cm³/mol. The van der Waals surface area contributed by atoms with E-state index in [9.17, 15) is 9.59 Å². The second-order valence-electron chi connectivity index (χ2n) is 3.49. The van der Waals surface area contributed by atoms with Crippen molar-refractivity contribution in [2.75, 3.05) is 12.5 Å². The lowest BCUT2D eigenvalue weighted by atomic mass is 10.2. The molecule has 1 rings (SSSR count). The van der Waals surface area contributed by atoms with Gasteiger partial charge in [0.15, 0.2) is 6.73 Å². The van der Waals surface area contributed by atoms with Gasteiger partial charge in [0.2, 0.25) is 0 Å². The number of carbonyl (C=O) groups excluding carboxylic acids is 2. The molecule has 0 atom stereocenters. The van der Waals surface area contributed by atoms with Gasteiger partial charge in [0.25, 0.3) is 5.91 Å². The van der Waals surface area contributed by atoms with Crippen LogP contribution in [0.3, 0.4) is 0 Å². The molecule has 0 saturated heterocycles. The van der Waals surface area contributed by atoms with E-state index in [1.165, 1.54) is 13.0 Å². The Kier molecular flexibility index (Phi) is 4.28. The lowest BCUT2D eigenvalue weighted by Gasteiger charge is -2.06. The number of nitrogens with two attached hydrogens (primary N) is 1. The molecular weight excluding hydrogens is 220 g/mol. The monoisotopic (exact) mass is 234 g/mol. The minimum Gasteiger partial charge on any atom is -0.441 e. The van der Waals surface area contributed by atoms with Crippen LogP contribution >= 0.6 is 0 Å². The second-order valence-corrected chi connectivity index (χ2v) is 3.49. The summed E-state index contributed by atoms with van der Waals surface area (Å²) in [5.41, 5.74) is 6.73. The maximum absolute atomic E-state index is 11.6. The molecule has 0 radical (unpaired) electrons. The Morgan fingerprint density at radius 3 is 2.76 bits per heavy atom. The highest BCUT2D eigenvalue weighted by molar-refractivity contribution is 5.95. The summed E-state index contributed by atoms with van der Waals surface area (Å²) in [6.07, 6.45) is 0. The maximum Gasteiger partial charge on any atom is 0.334 e. The first kappa shape index (κ1) is 12.8. The Hall–Kier alpha value is -2.30. The van der Waals surface area contributed by atoms with Crippen LogP contribution in [-0.4, -0.2) is 18.6 Å². The first-order valence-electron chi connectivity index (χ1n) is 4.97. The fourth-order valence-corrected chi connectivity index (χ4v) is 1.07. The lowest BCUT2D eigenvalue weighted by Crippen LogP contribution is -2.27. The fourth-order valence-electron chi connectivity index (χ4n) is 1.07. The van der Waals surface area contributed by atoms with Crippen molar-refractivity contribution in [2.24, 2.45) is 0 Å². The Morgan fingerprint density at radius 1 is 1.47 bits per heavy atom. The molecule has 0 spiro atoms. The van der Waals surface area contributed by atoms with Crippen molar-refractivity contribution in [2.45, 2.75) is 6.92 Å². The van der Waals surface area contributed by atoms with Crippen LogP contribution in [0.15, 0.2) is 36.4 Å². The highest BCUT2D eigenvalue weighted by atomic mass is 16.5. The molecule has 0 aliphatic rings. The zero-order valence-corrected chi connectivity index (χ0v) is 9.53. The van der Waals surface area contributed by atoms with E-state index >= 15 is 0 Å². The number of rotatable bonds is 4. The van der Waals surface area contributed by atoms with E-state index in [1.54, 1.807) is 18.2 Å². The number of hydrogen-bond acceptors (Lipinski definition) is 4. The van der Waals surface area contributed by atoms with Crippen molar-refractivity contribution >= 4 is 17.6 Å². The van der Waals surface area contributed by atoms with Gasteiger partial charge in [0, 0.05) is 16.8 Å². The molecule has 1 amide bonds. The highest BCUT2D eigenvalue weighted by Crippen LogP contribution is 2.05. The minimum absolute atomic E-state index is 0.195. The number of benzene rings is 1. The maximum atomic E-state index is 11.6. The molecule has 17 heavy (non-hydrogen) atoms. The largest absolute Gasteiger partial charge is 0.441 e. The highest BCUT2D eigenvalue weighted by Gasteiger charge is 2.07. The molecule has 0 aromatic heterocycles. The third-order valence-corrected chi connectivity index (χ3v) is 1.93. The Bertz CT molecular complexity index is 455. The Morgan fingerprint density at radius 2 is 2.18 bits per heavy atom. The van der Waals surface area contributed by atoms with E-state index in [0.29, 0.717) is 11.3 Å². The van der Waals surface area contributed by atoms with Gasteiger partial charge in [-0.15, -0.1) is 0 Å². The zero-order chi connectivity index (χ0) is 12.8. The number of esters is 1. The summed E-state index contributed by atoms with van der Waals surface area (Å²) >= 11 is 0. The molecule has 5 nitrogen and oxygen atoms in total. The number of amides is 1. The van der Waals surface area contributed by atoms with Crippen molar-refractivity contribution in [1.29, 1.82) is 0 Å². The summed E-state index contributed by atoms with van der Waals surface area (Å²) in [6.45, 7) is 4.75. The van der Waals surface area contributed by atoms with Crippen LogP contribution in [0.5, 0.6) is 0 Å². The SMILES string of the molecule is C=C(C)C(=O)OCNC(=O)c1cccc(N)c1. The first-order valence-corrected chi connectivity index (χ1v) is 4.97. The molecule has 1 aromatic rings. The topological polar surface area (TPSA) is 81.4 Å². The van der Waals surface area contributed by atoms with Gasteiger partial charge in [-0.05, 0) is 25.1 Å². The van der Waals surface area contributed by atoms with Gasteiger partial charge in [0.05, 0.1) is 0 Å². The fraction of sp³-hybridized carbons (Fsp3) is 0.167. The van der Waals surface area contributed by atoms with Crippen LogP contribution in [0.25, 0.3) is 0 Å². The summed E-state index contributed by atoms with van der Waals surface area (Å²) in [4.78, 5) is 22.6. The summed E-state index contributed by atoms with van der Waals surface area (Å²) < 4.78 is 4.72. The van der Waals surface area contributed by atoms with E-state index in [4.69, 9.17) is 10.5 Å². The van der Waals surface area contributed by atoms with Crippen LogP contribution in [0.2, 0.25) is 0 Å². The van der Waals surface area contributed by atoms with Crippen LogP contribution in [-0.2, 0) is 9.53 Å². The average Bonchev–Trinajstić information content (AvgIpc) is 2.28. The van der Waals surface area contributed by atoms with E-state index < -0.39 is 5.97 Å². The van der Waals surface area contributed by atoms with Crippen LogP contribution in [0.1, 0.15) is 17.3 Å². The molecule has 0 heterocycles. The van der Waals surface area contributed by atoms with Gasteiger partial charge in [-0.1, -0.05) is 12.6 Å². The summed E-state index contributed by atoms with van der Waals surface area (Å²) in [7, 11) is 0. The van der Waals surface area contributed by atoms with Crippen molar-refractivity contribution < 1.29 is 14.3 Å². The van der Waals surface area contributed by atoms with Crippen molar-refractivity contribution in [3.05, 3.63) is 42.0 Å². The molecule has 0 unspecified atom stereocenters. The molecule has 0 aliphatic carbocycles.